The van der Waals surface area contributed by atoms with Gasteiger partial charge in [0.25, 0.3) is 0 Å². The van der Waals surface area contributed by atoms with Crippen LogP contribution >= 0.6 is 11.3 Å². The Morgan fingerprint density at radius 1 is 1.62 bits per heavy atom. The molecule has 2 aromatic rings. The number of aliphatic carboxylic acids is 1. The second kappa shape index (κ2) is 3.18. The summed E-state index contributed by atoms with van der Waals surface area (Å²) in [5.41, 5.74) is 0.942. The molecule has 16 heavy (non-hydrogen) atoms. The summed E-state index contributed by atoms with van der Waals surface area (Å²) in [6, 6.07) is 0. The van der Waals surface area contributed by atoms with Crippen LogP contribution in [0.4, 0.5) is 5.13 Å². The molecule has 1 aliphatic rings. The summed E-state index contributed by atoms with van der Waals surface area (Å²) in [5.74, 6) is -0.980. The number of carboxylic acids is 1. The lowest BCUT2D eigenvalue weighted by Gasteiger charge is -2.35. The van der Waals surface area contributed by atoms with Crippen LogP contribution in [-0.4, -0.2) is 38.8 Å². The van der Waals surface area contributed by atoms with Gasteiger partial charge in [-0.2, -0.15) is 0 Å². The summed E-state index contributed by atoms with van der Waals surface area (Å²) in [5, 5.41) is 14.0. The van der Waals surface area contributed by atoms with Crippen LogP contribution in [0, 0.1) is 12.8 Å². The maximum atomic E-state index is 10.7. The van der Waals surface area contributed by atoms with Gasteiger partial charge in [-0.1, -0.05) is 11.3 Å². The van der Waals surface area contributed by atoms with E-state index in [-0.39, 0.29) is 5.92 Å². The quantitative estimate of drug-likeness (QED) is 0.830. The van der Waals surface area contributed by atoms with Gasteiger partial charge in [-0.05, 0) is 6.92 Å². The molecule has 0 aromatic carbocycles. The maximum Gasteiger partial charge on any atom is 0.310 e. The first-order valence-corrected chi connectivity index (χ1v) is 5.76. The summed E-state index contributed by atoms with van der Waals surface area (Å²) in [7, 11) is 0. The molecule has 1 N–H and O–H groups in total. The van der Waals surface area contributed by atoms with E-state index in [1.54, 1.807) is 4.52 Å². The predicted octanol–water partition coefficient (Wildman–Crippen LogP) is 0.620. The molecule has 2 aromatic heterocycles. The number of nitrogens with zero attached hydrogens (tertiary/aromatic N) is 4. The van der Waals surface area contributed by atoms with Crippen molar-refractivity contribution in [1.29, 1.82) is 0 Å². The number of carboxylic acid groups (broad SMARTS) is 1. The summed E-state index contributed by atoms with van der Waals surface area (Å²) in [4.78, 5) is 17.8. The van der Waals surface area contributed by atoms with Gasteiger partial charge in [0.1, 0.15) is 0 Å². The second-order valence-electron chi connectivity index (χ2n) is 3.93. The molecule has 0 aliphatic carbocycles. The van der Waals surface area contributed by atoms with Crippen molar-refractivity contribution in [2.24, 2.45) is 5.92 Å². The topological polar surface area (TPSA) is 70.7 Å². The van der Waals surface area contributed by atoms with Gasteiger partial charge < -0.3 is 10.0 Å². The Morgan fingerprint density at radius 2 is 2.38 bits per heavy atom. The molecule has 84 valence electrons. The van der Waals surface area contributed by atoms with Crippen molar-refractivity contribution in [3.8, 4) is 0 Å². The number of rotatable bonds is 2. The van der Waals surface area contributed by atoms with E-state index in [0.29, 0.717) is 13.1 Å². The summed E-state index contributed by atoms with van der Waals surface area (Å²) < 4.78 is 1.74. The first-order valence-electron chi connectivity index (χ1n) is 4.94. The largest absolute Gasteiger partial charge is 0.481 e. The highest BCUT2D eigenvalue weighted by molar-refractivity contribution is 7.20. The van der Waals surface area contributed by atoms with E-state index in [1.807, 2.05) is 18.0 Å². The van der Waals surface area contributed by atoms with Gasteiger partial charge in [0.05, 0.1) is 17.8 Å². The smallest absolute Gasteiger partial charge is 0.310 e. The van der Waals surface area contributed by atoms with Crippen LogP contribution in [0.5, 0.6) is 0 Å². The molecule has 0 amide bonds. The lowest BCUT2D eigenvalue weighted by atomic mass is 10.0. The molecule has 0 radical (unpaired) electrons. The predicted molar refractivity (Wildman–Crippen MR) is 58.9 cm³/mol. The molecular weight excluding hydrogens is 228 g/mol. The van der Waals surface area contributed by atoms with Gasteiger partial charge >= 0.3 is 5.97 Å². The Labute approximate surface area is 95.1 Å². The second-order valence-corrected chi connectivity index (χ2v) is 4.87. The standard InChI is InChI=1S/C9H10N4O2S/c1-5-2-13-8(10-5)16-9(11-13)12-3-6(4-12)7(14)15/h2,6H,3-4H2,1H3,(H,14,15). The molecule has 1 aliphatic heterocycles. The molecule has 0 unspecified atom stereocenters. The minimum atomic E-state index is -0.728. The molecule has 7 heteroatoms. The van der Waals surface area contributed by atoms with E-state index >= 15 is 0 Å². The highest BCUT2D eigenvalue weighted by atomic mass is 32.1. The van der Waals surface area contributed by atoms with Crippen molar-refractivity contribution < 1.29 is 9.90 Å². The minimum absolute atomic E-state index is 0.252. The molecule has 0 saturated carbocycles. The van der Waals surface area contributed by atoms with Crippen molar-refractivity contribution >= 4 is 27.4 Å². The molecule has 0 bridgehead atoms. The Hall–Kier alpha value is -1.63. The Balaban J connectivity index is 1.81. The van der Waals surface area contributed by atoms with Crippen LogP contribution in [0.15, 0.2) is 6.20 Å². The molecule has 6 nitrogen and oxygen atoms in total. The van der Waals surface area contributed by atoms with Crippen molar-refractivity contribution in [1.82, 2.24) is 14.6 Å². The van der Waals surface area contributed by atoms with Crippen molar-refractivity contribution in [2.75, 3.05) is 18.0 Å². The van der Waals surface area contributed by atoms with Crippen molar-refractivity contribution in [2.45, 2.75) is 6.92 Å². The average Bonchev–Trinajstić information content (AvgIpc) is 2.56. The summed E-state index contributed by atoms with van der Waals surface area (Å²) in [6.45, 7) is 3.02. The zero-order valence-corrected chi connectivity index (χ0v) is 9.44. The van der Waals surface area contributed by atoms with Gasteiger partial charge in [-0.25, -0.2) is 9.50 Å². The van der Waals surface area contributed by atoms with Crippen LogP contribution < -0.4 is 4.90 Å². The molecule has 3 rings (SSSR count). The number of hydrogen-bond acceptors (Lipinski definition) is 5. The van der Waals surface area contributed by atoms with E-state index in [1.165, 1.54) is 11.3 Å². The van der Waals surface area contributed by atoms with Crippen LogP contribution in [0.3, 0.4) is 0 Å². The molecule has 3 heterocycles. The highest BCUT2D eigenvalue weighted by Gasteiger charge is 2.34. The fraction of sp³-hybridized carbons (Fsp3) is 0.444. The SMILES string of the molecule is Cc1cn2nc(N3CC(C(=O)O)C3)sc2n1. The fourth-order valence-electron chi connectivity index (χ4n) is 1.72. The summed E-state index contributed by atoms with van der Waals surface area (Å²) in [6.07, 6.45) is 1.86. The van der Waals surface area contributed by atoms with Crippen molar-refractivity contribution in [3.63, 3.8) is 0 Å². The van der Waals surface area contributed by atoms with Gasteiger partial charge in [-0.15, -0.1) is 5.10 Å². The number of fused-ring (bicyclic) bond motifs is 1. The first-order chi connectivity index (χ1) is 7.63. The number of carbonyl (C=O) groups is 1. The zero-order valence-electron chi connectivity index (χ0n) is 8.62. The maximum absolute atomic E-state index is 10.7. The van der Waals surface area contributed by atoms with Crippen molar-refractivity contribution in [3.05, 3.63) is 11.9 Å². The normalized spacial score (nSPS) is 16.7. The van der Waals surface area contributed by atoms with E-state index < -0.39 is 5.97 Å². The van der Waals surface area contributed by atoms with E-state index in [0.717, 1.165) is 15.8 Å². The molecule has 0 spiro atoms. The number of aryl methyl sites for hydroxylation is 1. The first kappa shape index (κ1) is 9.59. The number of anilines is 1. The monoisotopic (exact) mass is 238 g/mol. The Kier molecular flexibility index (Phi) is 1.90. The van der Waals surface area contributed by atoms with Crippen LogP contribution in [0.2, 0.25) is 0 Å². The van der Waals surface area contributed by atoms with Gasteiger partial charge in [0, 0.05) is 13.1 Å². The minimum Gasteiger partial charge on any atom is -0.481 e. The van der Waals surface area contributed by atoms with Gasteiger partial charge in [0.2, 0.25) is 10.1 Å². The van der Waals surface area contributed by atoms with Crippen LogP contribution in [0.25, 0.3) is 4.96 Å². The van der Waals surface area contributed by atoms with Crippen LogP contribution in [0.1, 0.15) is 5.69 Å². The third-order valence-corrected chi connectivity index (χ3v) is 3.64. The number of imidazole rings is 1. The van der Waals surface area contributed by atoms with Gasteiger partial charge in [-0.3, -0.25) is 4.79 Å². The highest BCUT2D eigenvalue weighted by Crippen LogP contribution is 2.29. The van der Waals surface area contributed by atoms with Crippen LogP contribution in [-0.2, 0) is 4.79 Å². The van der Waals surface area contributed by atoms with Gasteiger partial charge in [0.15, 0.2) is 0 Å². The zero-order chi connectivity index (χ0) is 11.3. The Bertz CT molecular complexity index is 523. The third kappa shape index (κ3) is 1.35. The third-order valence-electron chi connectivity index (χ3n) is 2.65. The average molecular weight is 238 g/mol. The number of aromatic nitrogens is 3. The number of hydrogen-bond donors (Lipinski definition) is 1. The molecular formula is C9H10N4O2S. The molecule has 0 atom stereocenters. The Morgan fingerprint density at radius 3 is 3.00 bits per heavy atom. The lowest BCUT2D eigenvalue weighted by molar-refractivity contribution is -0.142. The molecule has 1 saturated heterocycles. The van der Waals surface area contributed by atoms with E-state index in [4.69, 9.17) is 5.11 Å². The fourth-order valence-corrected chi connectivity index (χ4v) is 2.66. The molecule has 1 fully saturated rings. The summed E-state index contributed by atoms with van der Waals surface area (Å²) >= 11 is 1.49. The lowest BCUT2D eigenvalue weighted by Crippen LogP contribution is -2.50. The van der Waals surface area contributed by atoms with E-state index in [2.05, 4.69) is 10.1 Å². The van der Waals surface area contributed by atoms with E-state index in [9.17, 15) is 4.79 Å².